The van der Waals surface area contributed by atoms with Crippen molar-refractivity contribution in [3.63, 3.8) is 0 Å². The molecule has 0 amide bonds. The molecular formula is C39H26N2O. The van der Waals surface area contributed by atoms with Gasteiger partial charge in [-0.05, 0) is 81.6 Å². The van der Waals surface area contributed by atoms with Crippen LogP contribution in [0.1, 0.15) is 0 Å². The Morgan fingerprint density at radius 2 is 1.07 bits per heavy atom. The van der Waals surface area contributed by atoms with Gasteiger partial charge in [-0.25, -0.2) is 0 Å². The molecule has 0 unspecified atom stereocenters. The average molecular weight is 539 g/mol. The van der Waals surface area contributed by atoms with Crippen molar-refractivity contribution < 1.29 is 4.42 Å². The molecular weight excluding hydrogens is 512 g/mol. The van der Waals surface area contributed by atoms with Crippen molar-refractivity contribution in [1.82, 2.24) is 4.98 Å². The summed E-state index contributed by atoms with van der Waals surface area (Å²) in [6.07, 6.45) is 1.87. The van der Waals surface area contributed by atoms with Crippen molar-refractivity contribution in [2.75, 3.05) is 4.90 Å². The quantitative estimate of drug-likeness (QED) is 0.218. The van der Waals surface area contributed by atoms with Gasteiger partial charge in [-0.3, -0.25) is 4.98 Å². The molecule has 2 heterocycles. The van der Waals surface area contributed by atoms with Crippen LogP contribution in [0.3, 0.4) is 0 Å². The van der Waals surface area contributed by atoms with Gasteiger partial charge in [0.05, 0.1) is 5.69 Å². The Balaban J connectivity index is 1.26. The molecule has 0 saturated heterocycles. The van der Waals surface area contributed by atoms with Crippen molar-refractivity contribution in [2.24, 2.45) is 0 Å². The highest BCUT2D eigenvalue weighted by Crippen LogP contribution is 2.42. The minimum atomic E-state index is 0.768. The molecule has 42 heavy (non-hydrogen) atoms. The maximum atomic E-state index is 6.43. The lowest BCUT2D eigenvalue weighted by atomic mass is 10.0. The van der Waals surface area contributed by atoms with Crippen LogP contribution >= 0.6 is 0 Å². The van der Waals surface area contributed by atoms with Crippen LogP contribution in [0.5, 0.6) is 0 Å². The fourth-order valence-electron chi connectivity index (χ4n) is 5.80. The molecule has 198 valence electrons. The Kier molecular flexibility index (Phi) is 5.79. The third-order valence-electron chi connectivity index (χ3n) is 7.92. The number of para-hydroxylation sites is 1. The first-order valence-corrected chi connectivity index (χ1v) is 14.1. The van der Waals surface area contributed by atoms with Gasteiger partial charge < -0.3 is 9.32 Å². The number of hydrogen-bond acceptors (Lipinski definition) is 3. The SMILES string of the molecule is c1ccc(-c2ccc(N(c3ccc(-c4ccc5ccccc5c4)cc3)c3ccnc4c3oc3ccccc34)cc2)cc1. The summed E-state index contributed by atoms with van der Waals surface area (Å²) in [6.45, 7) is 0. The van der Waals surface area contributed by atoms with E-state index in [1.165, 1.54) is 33.0 Å². The number of fused-ring (bicyclic) bond motifs is 4. The number of pyridine rings is 1. The number of hydrogen-bond donors (Lipinski definition) is 0. The van der Waals surface area contributed by atoms with Gasteiger partial charge in [-0.15, -0.1) is 0 Å². The van der Waals surface area contributed by atoms with Gasteiger partial charge in [0.2, 0.25) is 0 Å². The molecule has 0 aliphatic carbocycles. The summed E-state index contributed by atoms with van der Waals surface area (Å²) in [5, 5.41) is 3.50. The first-order valence-electron chi connectivity index (χ1n) is 14.1. The summed E-state index contributed by atoms with van der Waals surface area (Å²) in [5.41, 5.74) is 10.2. The molecule has 0 N–H and O–H groups in total. The van der Waals surface area contributed by atoms with Crippen molar-refractivity contribution in [3.05, 3.63) is 158 Å². The number of furan rings is 1. The lowest BCUT2D eigenvalue weighted by Crippen LogP contribution is -2.10. The van der Waals surface area contributed by atoms with Gasteiger partial charge in [0.15, 0.2) is 5.58 Å². The number of anilines is 3. The first kappa shape index (κ1) is 24.2. The van der Waals surface area contributed by atoms with E-state index in [0.29, 0.717) is 0 Å². The minimum absolute atomic E-state index is 0.768. The van der Waals surface area contributed by atoms with Gasteiger partial charge in [0.1, 0.15) is 11.1 Å². The van der Waals surface area contributed by atoms with Crippen LogP contribution in [0.15, 0.2) is 162 Å². The van der Waals surface area contributed by atoms with Crippen molar-refractivity contribution in [1.29, 1.82) is 0 Å². The van der Waals surface area contributed by atoms with Gasteiger partial charge in [0.25, 0.3) is 0 Å². The summed E-state index contributed by atoms with van der Waals surface area (Å²) in [6, 6.07) is 53.2. The lowest BCUT2D eigenvalue weighted by Gasteiger charge is -2.26. The van der Waals surface area contributed by atoms with E-state index in [9.17, 15) is 0 Å². The Bertz CT molecular complexity index is 2180. The molecule has 3 heteroatoms. The predicted molar refractivity (Wildman–Crippen MR) is 175 cm³/mol. The molecule has 2 aromatic heterocycles. The fourth-order valence-corrected chi connectivity index (χ4v) is 5.80. The number of nitrogens with zero attached hydrogens (tertiary/aromatic N) is 2. The number of benzene rings is 6. The third-order valence-corrected chi connectivity index (χ3v) is 7.92. The molecule has 0 atom stereocenters. The second kappa shape index (κ2) is 10.1. The zero-order chi connectivity index (χ0) is 27.9. The Morgan fingerprint density at radius 3 is 1.83 bits per heavy atom. The normalized spacial score (nSPS) is 11.3. The minimum Gasteiger partial charge on any atom is -0.452 e. The Morgan fingerprint density at radius 1 is 0.476 bits per heavy atom. The lowest BCUT2D eigenvalue weighted by molar-refractivity contribution is 0.668. The van der Waals surface area contributed by atoms with Crippen LogP contribution in [0.2, 0.25) is 0 Å². The summed E-state index contributed by atoms with van der Waals surface area (Å²) < 4.78 is 6.43. The van der Waals surface area contributed by atoms with E-state index in [4.69, 9.17) is 9.40 Å². The molecule has 3 nitrogen and oxygen atoms in total. The van der Waals surface area contributed by atoms with Crippen LogP contribution in [-0.4, -0.2) is 4.98 Å². The van der Waals surface area contributed by atoms with Crippen LogP contribution in [-0.2, 0) is 0 Å². The molecule has 8 rings (SSSR count). The summed E-state index contributed by atoms with van der Waals surface area (Å²) in [5.74, 6) is 0. The molecule has 0 aliphatic heterocycles. The standard InChI is InChI=1S/C39H26N2O/c1-2-8-27(9-3-1)29-16-20-33(21-17-29)41(36-24-25-40-38-35-12-6-7-13-37(35)42-39(36)38)34-22-18-30(19-23-34)32-15-14-28-10-4-5-11-31(28)26-32/h1-26H. The Labute approximate surface area is 243 Å². The first-order chi connectivity index (χ1) is 20.8. The molecule has 0 spiro atoms. The van der Waals surface area contributed by atoms with Gasteiger partial charge in [-0.1, -0.05) is 103 Å². The highest BCUT2D eigenvalue weighted by atomic mass is 16.3. The zero-order valence-corrected chi connectivity index (χ0v) is 22.8. The van der Waals surface area contributed by atoms with E-state index in [2.05, 4.69) is 126 Å². The smallest absolute Gasteiger partial charge is 0.177 e. The van der Waals surface area contributed by atoms with Crippen molar-refractivity contribution >= 4 is 49.9 Å². The molecule has 8 aromatic rings. The van der Waals surface area contributed by atoms with E-state index in [1.807, 2.05) is 36.5 Å². The third kappa shape index (κ3) is 4.20. The molecule has 0 bridgehead atoms. The number of rotatable bonds is 5. The van der Waals surface area contributed by atoms with E-state index in [1.54, 1.807) is 0 Å². The summed E-state index contributed by atoms with van der Waals surface area (Å²) in [4.78, 5) is 6.97. The molecule has 0 saturated carbocycles. The van der Waals surface area contributed by atoms with E-state index in [-0.39, 0.29) is 0 Å². The summed E-state index contributed by atoms with van der Waals surface area (Å²) in [7, 11) is 0. The molecule has 0 fully saturated rings. The topological polar surface area (TPSA) is 29.3 Å². The van der Waals surface area contributed by atoms with E-state index < -0.39 is 0 Å². The van der Waals surface area contributed by atoms with Crippen molar-refractivity contribution in [3.8, 4) is 22.3 Å². The fraction of sp³-hybridized carbons (Fsp3) is 0. The van der Waals surface area contributed by atoms with Gasteiger partial charge in [-0.2, -0.15) is 0 Å². The maximum Gasteiger partial charge on any atom is 0.177 e. The van der Waals surface area contributed by atoms with Crippen LogP contribution in [0.25, 0.3) is 55.1 Å². The monoisotopic (exact) mass is 538 g/mol. The second-order valence-corrected chi connectivity index (χ2v) is 10.5. The highest BCUT2D eigenvalue weighted by Gasteiger charge is 2.20. The second-order valence-electron chi connectivity index (χ2n) is 10.5. The largest absolute Gasteiger partial charge is 0.452 e. The van der Waals surface area contributed by atoms with Crippen LogP contribution in [0, 0.1) is 0 Å². The number of aromatic nitrogens is 1. The van der Waals surface area contributed by atoms with Crippen molar-refractivity contribution in [2.45, 2.75) is 0 Å². The van der Waals surface area contributed by atoms with Gasteiger partial charge >= 0.3 is 0 Å². The van der Waals surface area contributed by atoms with Gasteiger partial charge in [0, 0.05) is 23.0 Å². The van der Waals surface area contributed by atoms with E-state index >= 15 is 0 Å². The van der Waals surface area contributed by atoms with E-state index in [0.717, 1.165) is 39.1 Å². The Hall–Kier alpha value is -5.67. The van der Waals surface area contributed by atoms with Crippen LogP contribution < -0.4 is 4.90 Å². The molecule has 0 aliphatic rings. The maximum absolute atomic E-state index is 6.43. The molecule has 6 aromatic carbocycles. The predicted octanol–water partition coefficient (Wildman–Crippen LogP) is 10.9. The zero-order valence-electron chi connectivity index (χ0n) is 22.8. The summed E-state index contributed by atoms with van der Waals surface area (Å²) >= 11 is 0. The van der Waals surface area contributed by atoms with Crippen LogP contribution in [0.4, 0.5) is 17.1 Å². The average Bonchev–Trinajstić information content (AvgIpc) is 3.45. The highest BCUT2D eigenvalue weighted by molar-refractivity contribution is 6.08. The molecule has 0 radical (unpaired) electrons.